The maximum Gasteiger partial charge on any atom is 0.167 e. The first-order valence-corrected chi connectivity index (χ1v) is 12.9. The summed E-state index contributed by atoms with van der Waals surface area (Å²) >= 11 is 1.69. The van der Waals surface area contributed by atoms with Crippen LogP contribution in [0.25, 0.3) is 21.3 Å². The van der Waals surface area contributed by atoms with Crippen molar-refractivity contribution in [2.24, 2.45) is 0 Å². The van der Waals surface area contributed by atoms with Gasteiger partial charge in [0, 0.05) is 54.1 Å². The van der Waals surface area contributed by atoms with E-state index in [0.717, 1.165) is 59.6 Å². The number of rotatable bonds is 6. The second-order valence-corrected chi connectivity index (χ2v) is 10.3. The number of ketones is 1. The van der Waals surface area contributed by atoms with Gasteiger partial charge in [-0.2, -0.15) is 0 Å². The number of nitrogens with two attached hydrogens (primary N) is 1. The Bertz CT molecular complexity index is 1350. The van der Waals surface area contributed by atoms with Crippen LogP contribution in [0, 0.1) is 0 Å². The summed E-state index contributed by atoms with van der Waals surface area (Å²) in [5.74, 6) is 1.64. The summed E-state index contributed by atoms with van der Waals surface area (Å²) in [6, 6.07) is 18.5. The molecule has 3 heterocycles. The van der Waals surface area contributed by atoms with Gasteiger partial charge in [-0.3, -0.25) is 4.79 Å². The predicted octanol–water partition coefficient (Wildman–Crippen LogP) is 5.26. The number of benzene rings is 2. The molecule has 172 valence electrons. The number of piperazine rings is 1. The average molecular weight is 469 g/mol. The Morgan fingerprint density at radius 3 is 2.71 bits per heavy atom. The second-order valence-electron chi connectivity index (χ2n) is 9.31. The molecule has 0 spiro atoms. The molecule has 5 nitrogen and oxygen atoms in total. The van der Waals surface area contributed by atoms with Crippen LogP contribution in [0.1, 0.15) is 40.2 Å². The summed E-state index contributed by atoms with van der Waals surface area (Å²) in [4.78, 5) is 22.0. The standard InChI is InChI=1S/C28H28N4OS/c29-24-7-5-19(26-2-1-13-34-26)14-21(24)17-25(33)22-15-20-6-8-27(32-11-9-30-10-12-32)31-28(20)23(16-22)18-3-4-18/h1-2,5-8,13-16,18,30H,3-4,9-12,17,29H2. The van der Waals surface area contributed by atoms with Gasteiger partial charge < -0.3 is 16.0 Å². The summed E-state index contributed by atoms with van der Waals surface area (Å²) in [6.45, 7) is 3.92. The molecular formula is C28H28N4OS. The van der Waals surface area contributed by atoms with Crippen molar-refractivity contribution in [3.05, 3.63) is 76.7 Å². The van der Waals surface area contributed by atoms with Crippen LogP contribution in [0.5, 0.6) is 0 Å². The molecule has 1 saturated carbocycles. The molecule has 2 fully saturated rings. The monoisotopic (exact) mass is 468 g/mol. The fourth-order valence-electron chi connectivity index (χ4n) is 4.82. The normalized spacial score (nSPS) is 16.2. The van der Waals surface area contributed by atoms with Crippen LogP contribution < -0.4 is 16.0 Å². The summed E-state index contributed by atoms with van der Waals surface area (Å²) in [5.41, 5.74) is 12.0. The van der Waals surface area contributed by atoms with Gasteiger partial charge in [-0.1, -0.05) is 12.1 Å². The van der Waals surface area contributed by atoms with E-state index in [9.17, 15) is 4.79 Å². The third kappa shape index (κ3) is 4.19. The number of fused-ring (bicyclic) bond motifs is 1. The molecule has 1 aliphatic heterocycles. The van der Waals surface area contributed by atoms with E-state index in [-0.39, 0.29) is 5.78 Å². The van der Waals surface area contributed by atoms with Crippen LogP contribution in [0.4, 0.5) is 11.5 Å². The first kappa shape index (κ1) is 21.3. The zero-order valence-electron chi connectivity index (χ0n) is 19.1. The lowest BCUT2D eigenvalue weighted by atomic mass is 9.95. The smallest absolute Gasteiger partial charge is 0.167 e. The maximum atomic E-state index is 13.4. The molecule has 0 radical (unpaired) electrons. The van der Waals surface area contributed by atoms with Gasteiger partial charge in [-0.25, -0.2) is 4.98 Å². The van der Waals surface area contributed by atoms with Crippen molar-refractivity contribution in [1.29, 1.82) is 0 Å². The van der Waals surface area contributed by atoms with E-state index in [1.54, 1.807) is 11.3 Å². The Kier molecular flexibility index (Phi) is 5.55. The topological polar surface area (TPSA) is 71.2 Å². The summed E-state index contributed by atoms with van der Waals surface area (Å²) < 4.78 is 0. The van der Waals surface area contributed by atoms with Gasteiger partial charge in [0.15, 0.2) is 5.78 Å². The molecule has 0 amide bonds. The van der Waals surface area contributed by atoms with Crippen molar-refractivity contribution in [2.45, 2.75) is 25.2 Å². The van der Waals surface area contributed by atoms with Crippen LogP contribution in [0.2, 0.25) is 0 Å². The van der Waals surface area contributed by atoms with E-state index in [1.165, 1.54) is 23.3 Å². The number of thiophene rings is 1. The van der Waals surface area contributed by atoms with Gasteiger partial charge >= 0.3 is 0 Å². The second kappa shape index (κ2) is 8.85. The SMILES string of the molecule is Nc1ccc(-c2cccs2)cc1CC(=O)c1cc(C2CC2)c2nc(N3CCNCC3)ccc2c1. The molecule has 0 atom stereocenters. The summed E-state index contributed by atoms with van der Waals surface area (Å²) in [7, 11) is 0. The van der Waals surface area contributed by atoms with Gasteiger partial charge in [0.05, 0.1) is 5.52 Å². The highest BCUT2D eigenvalue weighted by molar-refractivity contribution is 7.13. The molecule has 6 rings (SSSR count). The Morgan fingerprint density at radius 2 is 1.94 bits per heavy atom. The molecule has 2 aromatic heterocycles. The highest BCUT2D eigenvalue weighted by Crippen LogP contribution is 2.43. The highest BCUT2D eigenvalue weighted by Gasteiger charge is 2.28. The van der Waals surface area contributed by atoms with Gasteiger partial charge in [-0.05, 0) is 83.3 Å². The fraction of sp³-hybridized carbons (Fsp3) is 0.286. The van der Waals surface area contributed by atoms with E-state index < -0.39 is 0 Å². The van der Waals surface area contributed by atoms with E-state index in [1.807, 2.05) is 24.3 Å². The zero-order valence-corrected chi connectivity index (χ0v) is 19.9. The highest BCUT2D eigenvalue weighted by atomic mass is 32.1. The van der Waals surface area contributed by atoms with Gasteiger partial charge in [0.2, 0.25) is 0 Å². The van der Waals surface area contributed by atoms with E-state index in [4.69, 9.17) is 10.7 Å². The minimum Gasteiger partial charge on any atom is -0.398 e. The number of Topliss-reactive ketones (excluding diaryl/α,β-unsaturated/α-hetero) is 1. The van der Waals surface area contributed by atoms with Crippen LogP contribution in [0.3, 0.4) is 0 Å². The number of carbonyl (C=O) groups excluding carboxylic acids is 1. The molecule has 0 bridgehead atoms. The first-order chi connectivity index (χ1) is 16.7. The maximum absolute atomic E-state index is 13.4. The minimum absolute atomic E-state index is 0.102. The minimum atomic E-state index is 0.102. The van der Waals surface area contributed by atoms with E-state index >= 15 is 0 Å². The van der Waals surface area contributed by atoms with Crippen molar-refractivity contribution < 1.29 is 4.79 Å². The van der Waals surface area contributed by atoms with Crippen LogP contribution in [-0.2, 0) is 6.42 Å². The number of hydrogen-bond donors (Lipinski definition) is 2. The van der Waals surface area contributed by atoms with Crippen LogP contribution in [-0.4, -0.2) is 36.9 Å². The Morgan fingerprint density at radius 1 is 1.09 bits per heavy atom. The van der Waals surface area contributed by atoms with Crippen molar-refractivity contribution in [2.75, 3.05) is 36.8 Å². The lowest BCUT2D eigenvalue weighted by Gasteiger charge is -2.28. The van der Waals surface area contributed by atoms with E-state index in [0.29, 0.717) is 18.0 Å². The zero-order chi connectivity index (χ0) is 23.1. The third-order valence-corrected chi connectivity index (χ3v) is 7.81. The van der Waals surface area contributed by atoms with E-state index in [2.05, 4.69) is 45.9 Å². The summed E-state index contributed by atoms with van der Waals surface area (Å²) in [6.07, 6.45) is 2.64. The largest absolute Gasteiger partial charge is 0.398 e. The molecule has 34 heavy (non-hydrogen) atoms. The number of hydrogen-bond acceptors (Lipinski definition) is 6. The van der Waals surface area contributed by atoms with Gasteiger partial charge in [0.1, 0.15) is 5.82 Å². The predicted molar refractivity (Wildman–Crippen MR) is 141 cm³/mol. The van der Waals surface area contributed by atoms with Crippen molar-refractivity contribution >= 4 is 39.5 Å². The molecule has 3 N–H and O–H groups in total. The number of nitrogens with one attached hydrogen (secondary N) is 1. The summed E-state index contributed by atoms with van der Waals surface area (Å²) in [5, 5.41) is 6.51. The molecular weight excluding hydrogens is 440 g/mol. The number of nitrogen functional groups attached to an aromatic ring is 1. The molecule has 6 heteroatoms. The lowest BCUT2D eigenvalue weighted by molar-refractivity contribution is 0.0993. The van der Waals surface area contributed by atoms with Crippen molar-refractivity contribution in [3.8, 4) is 10.4 Å². The Labute approximate surface area is 203 Å². The number of aromatic nitrogens is 1. The Balaban J connectivity index is 1.33. The molecule has 0 unspecified atom stereocenters. The quantitative estimate of drug-likeness (QED) is 0.298. The number of anilines is 2. The lowest BCUT2D eigenvalue weighted by Crippen LogP contribution is -2.43. The number of nitrogens with zero attached hydrogens (tertiary/aromatic N) is 2. The average Bonchev–Trinajstić information content (AvgIpc) is 3.58. The molecule has 1 aliphatic carbocycles. The van der Waals surface area contributed by atoms with Gasteiger partial charge in [-0.15, -0.1) is 11.3 Å². The third-order valence-electron chi connectivity index (χ3n) is 6.89. The first-order valence-electron chi connectivity index (χ1n) is 12.0. The number of pyridine rings is 1. The van der Waals surface area contributed by atoms with Crippen LogP contribution >= 0.6 is 11.3 Å². The fourth-order valence-corrected chi connectivity index (χ4v) is 5.54. The van der Waals surface area contributed by atoms with Crippen molar-refractivity contribution in [3.63, 3.8) is 0 Å². The molecule has 2 aromatic carbocycles. The van der Waals surface area contributed by atoms with Crippen LogP contribution in [0.15, 0.2) is 60.0 Å². The molecule has 1 saturated heterocycles. The van der Waals surface area contributed by atoms with Crippen molar-refractivity contribution in [1.82, 2.24) is 10.3 Å². The van der Waals surface area contributed by atoms with Gasteiger partial charge in [0.25, 0.3) is 0 Å². The molecule has 2 aliphatic rings. The number of carbonyl (C=O) groups is 1. The molecule has 4 aromatic rings. The Hall–Kier alpha value is -3.22.